The molecule has 0 bridgehead atoms. The fourth-order valence-corrected chi connectivity index (χ4v) is 2.31. The highest BCUT2D eigenvalue weighted by Gasteiger charge is 2.11. The molecule has 0 heterocycles. The van der Waals surface area contributed by atoms with Crippen LogP contribution >= 0.6 is 0 Å². The van der Waals surface area contributed by atoms with Crippen molar-refractivity contribution in [3.63, 3.8) is 0 Å². The van der Waals surface area contributed by atoms with Gasteiger partial charge in [0, 0.05) is 18.6 Å². The van der Waals surface area contributed by atoms with E-state index in [1.165, 1.54) is 12.1 Å². The SMILES string of the molecule is Cc1ccc(S(C)(=O)=O)cc1NC(=O)CCOCC(C)C. The first-order chi connectivity index (χ1) is 9.70. The van der Waals surface area contributed by atoms with Gasteiger partial charge in [0.1, 0.15) is 0 Å². The first-order valence-electron chi connectivity index (χ1n) is 6.88. The van der Waals surface area contributed by atoms with E-state index in [-0.39, 0.29) is 17.2 Å². The van der Waals surface area contributed by atoms with E-state index >= 15 is 0 Å². The number of nitrogens with one attached hydrogen (secondary N) is 1. The number of anilines is 1. The number of carbonyl (C=O) groups is 1. The standard InChI is InChI=1S/C15H23NO4S/c1-11(2)10-20-8-7-15(17)16-14-9-13(21(4,18)19)6-5-12(14)3/h5-6,9,11H,7-8,10H2,1-4H3,(H,16,17). The van der Waals surface area contributed by atoms with Crippen LogP contribution in [0.3, 0.4) is 0 Å². The lowest BCUT2D eigenvalue weighted by Gasteiger charge is -2.11. The Labute approximate surface area is 126 Å². The summed E-state index contributed by atoms with van der Waals surface area (Å²) in [5, 5.41) is 2.73. The topological polar surface area (TPSA) is 72.5 Å². The molecule has 118 valence electrons. The Balaban J connectivity index is 2.64. The predicted octanol–water partition coefficient (Wildman–Crippen LogP) is 2.40. The van der Waals surface area contributed by atoms with Crippen molar-refractivity contribution in [1.82, 2.24) is 0 Å². The minimum Gasteiger partial charge on any atom is -0.381 e. The largest absolute Gasteiger partial charge is 0.381 e. The molecule has 1 aromatic rings. The van der Waals surface area contributed by atoms with Crippen LogP contribution in [0.5, 0.6) is 0 Å². The third-order valence-electron chi connectivity index (χ3n) is 2.84. The minimum absolute atomic E-state index is 0.187. The highest BCUT2D eigenvalue weighted by molar-refractivity contribution is 7.90. The van der Waals surface area contributed by atoms with Crippen LogP contribution in [0.2, 0.25) is 0 Å². The van der Waals surface area contributed by atoms with Crippen LogP contribution in [-0.2, 0) is 19.4 Å². The lowest BCUT2D eigenvalue weighted by atomic mass is 10.2. The number of hydrogen-bond donors (Lipinski definition) is 1. The highest BCUT2D eigenvalue weighted by atomic mass is 32.2. The predicted molar refractivity (Wildman–Crippen MR) is 83.2 cm³/mol. The van der Waals surface area contributed by atoms with Crippen LogP contribution in [0.1, 0.15) is 25.8 Å². The lowest BCUT2D eigenvalue weighted by Crippen LogP contribution is -2.16. The van der Waals surface area contributed by atoms with Crippen LogP contribution in [0.25, 0.3) is 0 Å². The van der Waals surface area contributed by atoms with Crippen molar-refractivity contribution < 1.29 is 17.9 Å². The van der Waals surface area contributed by atoms with E-state index in [9.17, 15) is 13.2 Å². The van der Waals surface area contributed by atoms with Crippen LogP contribution in [0.15, 0.2) is 23.1 Å². The van der Waals surface area contributed by atoms with Crippen molar-refractivity contribution in [1.29, 1.82) is 0 Å². The summed E-state index contributed by atoms with van der Waals surface area (Å²) >= 11 is 0. The molecule has 1 aromatic carbocycles. The van der Waals surface area contributed by atoms with E-state index in [0.29, 0.717) is 24.8 Å². The maximum absolute atomic E-state index is 11.8. The number of amides is 1. The number of carbonyl (C=O) groups excluding carboxylic acids is 1. The van der Waals surface area contributed by atoms with Crippen LogP contribution in [-0.4, -0.2) is 33.8 Å². The van der Waals surface area contributed by atoms with E-state index in [1.54, 1.807) is 6.07 Å². The number of benzene rings is 1. The second-order valence-corrected chi connectivity index (χ2v) is 7.53. The fourth-order valence-electron chi connectivity index (χ4n) is 1.66. The van der Waals surface area contributed by atoms with E-state index in [1.807, 2.05) is 20.8 Å². The number of hydrogen-bond acceptors (Lipinski definition) is 4. The molecule has 21 heavy (non-hydrogen) atoms. The van der Waals surface area contributed by atoms with Gasteiger partial charge in [0.2, 0.25) is 5.91 Å². The van der Waals surface area contributed by atoms with Gasteiger partial charge < -0.3 is 10.1 Å². The Bertz CT molecular complexity index is 594. The van der Waals surface area contributed by atoms with Crippen LogP contribution in [0, 0.1) is 12.8 Å². The first-order valence-corrected chi connectivity index (χ1v) is 8.77. The van der Waals surface area contributed by atoms with E-state index < -0.39 is 9.84 Å². The zero-order valence-electron chi connectivity index (χ0n) is 13.0. The van der Waals surface area contributed by atoms with Crippen LogP contribution in [0.4, 0.5) is 5.69 Å². The molecular weight excluding hydrogens is 290 g/mol. The van der Waals surface area contributed by atoms with Crippen molar-refractivity contribution in [2.24, 2.45) is 5.92 Å². The molecule has 0 atom stereocenters. The molecule has 0 aliphatic rings. The molecule has 1 rings (SSSR count). The Morgan fingerprint density at radius 1 is 1.33 bits per heavy atom. The van der Waals surface area contributed by atoms with Crippen molar-refractivity contribution >= 4 is 21.4 Å². The summed E-state index contributed by atoms with van der Waals surface area (Å²) < 4.78 is 28.4. The molecule has 5 nitrogen and oxygen atoms in total. The van der Waals surface area contributed by atoms with Gasteiger partial charge >= 0.3 is 0 Å². The molecule has 0 radical (unpaired) electrons. The quantitative estimate of drug-likeness (QED) is 0.785. The summed E-state index contributed by atoms with van der Waals surface area (Å²) in [6.45, 7) is 6.88. The van der Waals surface area contributed by atoms with Crippen molar-refractivity contribution in [2.75, 3.05) is 24.8 Å². The van der Waals surface area contributed by atoms with E-state index in [4.69, 9.17) is 4.74 Å². The minimum atomic E-state index is -3.28. The maximum atomic E-state index is 11.8. The molecule has 0 saturated heterocycles. The number of ether oxygens (including phenoxy) is 1. The number of sulfone groups is 1. The van der Waals surface area contributed by atoms with Gasteiger partial charge in [-0.25, -0.2) is 8.42 Å². The summed E-state index contributed by atoms with van der Waals surface area (Å²) in [7, 11) is -3.28. The van der Waals surface area contributed by atoms with Gasteiger partial charge in [-0.05, 0) is 30.5 Å². The van der Waals surface area contributed by atoms with E-state index in [0.717, 1.165) is 11.8 Å². The Kier molecular flexibility index (Phi) is 6.36. The third kappa shape index (κ3) is 6.27. The van der Waals surface area contributed by atoms with Gasteiger partial charge in [0.15, 0.2) is 9.84 Å². The molecule has 1 amide bonds. The van der Waals surface area contributed by atoms with Crippen molar-refractivity contribution in [2.45, 2.75) is 32.1 Å². The van der Waals surface area contributed by atoms with Gasteiger partial charge in [-0.15, -0.1) is 0 Å². The molecule has 0 aliphatic heterocycles. The molecule has 0 fully saturated rings. The number of rotatable bonds is 7. The summed E-state index contributed by atoms with van der Waals surface area (Å²) in [4.78, 5) is 12.0. The van der Waals surface area contributed by atoms with Gasteiger partial charge in [-0.1, -0.05) is 19.9 Å². The summed E-state index contributed by atoms with van der Waals surface area (Å²) in [6, 6.07) is 4.70. The van der Waals surface area contributed by atoms with Crippen LogP contribution < -0.4 is 5.32 Å². The molecule has 0 aromatic heterocycles. The third-order valence-corrected chi connectivity index (χ3v) is 3.95. The second-order valence-electron chi connectivity index (χ2n) is 5.52. The first kappa shape index (κ1) is 17.7. The Hall–Kier alpha value is -1.40. The molecule has 0 saturated carbocycles. The van der Waals surface area contributed by atoms with Gasteiger partial charge in [-0.3, -0.25) is 4.79 Å². The number of aryl methyl sites for hydroxylation is 1. The van der Waals surface area contributed by atoms with Gasteiger partial charge in [0.25, 0.3) is 0 Å². The molecule has 0 unspecified atom stereocenters. The van der Waals surface area contributed by atoms with Gasteiger partial charge in [0.05, 0.1) is 17.9 Å². The average molecular weight is 313 g/mol. The Morgan fingerprint density at radius 2 is 2.00 bits per heavy atom. The summed E-state index contributed by atoms with van der Waals surface area (Å²) in [5.41, 5.74) is 1.34. The lowest BCUT2D eigenvalue weighted by molar-refractivity contribution is -0.117. The zero-order valence-corrected chi connectivity index (χ0v) is 13.8. The molecule has 1 N–H and O–H groups in total. The van der Waals surface area contributed by atoms with E-state index in [2.05, 4.69) is 5.32 Å². The molecule has 6 heteroatoms. The zero-order chi connectivity index (χ0) is 16.0. The normalized spacial score (nSPS) is 11.7. The fraction of sp³-hybridized carbons (Fsp3) is 0.533. The molecule has 0 aliphatic carbocycles. The smallest absolute Gasteiger partial charge is 0.226 e. The van der Waals surface area contributed by atoms with Crippen molar-refractivity contribution in [3.05, 3.63) is 23.8 Å². The van der Waals surface area contributed by atoms with Gasteiger partial charge in [-0.2, -0.15) is 0 Å². The molecular formula is C15H23NO4S. The molecule has 0 spiro atoms. The summed E-state index contributed by atoms with van der Waals surface area (Å²) in [5.74, 6) is 0.245. The second kappa shape index (κ2) is 7.56. The average Bonchev–Trinajstić information content (AvgIpc) is 2.36. The van der Waals surface area contributed by atoms with Crippen molar-refractivity contribution in [3.8, 4) is 0 Å². The Morgan fingerprint density at radius 3 is 2.57 bits per heavy atom. The summed E-state index contributed by atoms with van der Waals surface area (Å²) in [6.07, 6.45) is 1.39. The highest BCUT2D eigenvalue weighted by Crippen LogP contribution is 2.20. The maximum Gasteiger partial charge on any atom is 0.226 e. The monoisotopic (exact) mass is 313 g/mol.